The van der Waals surface area contributed by atoms with Gasteiger partial charge in [-0.1, -0.05) is 36.9 Å². The van der Waals surface area contributed by atoms with E-state index in [1.54, 1.807) is 26.2 Å². The molecule has 0 amide bonds. The van der Waals surface area contributed by atoms with Gasteiger partial charge in [0.2, 0.25) is 5.89 Å². The van der Waals surface area contributed by atoms with Gasteiger partial charge in [0.1, 0.15) is 11.3 Å². The van der Waals surface area contributed by atoms with Crippen molar-refractivity contribution in [2.24, 2.45) is 5.73 Å². The number of nitrogens with one attached hydrogen (secondary N) is 1. The van der Waals surface area contributed by atoms with Crippen LogP contribution in [0.5, 0.6) is 5.75 Å². The Morgan fingerprint density at radius 2 is 1.88 bits per heavy atom. The molecule has 3 aromatic heterocycles. The SMILES string of the molecule is C=C(N)c1ccc(OC)c2nc(-c3c(C)nc4c(-c5ccccc5)c(C)[nH]n4c3=O)oc12. The molecular formula is C24H21N5O3. The maximum atomic E-state index is 13.5. The predicted octanol–water partition coefficient (Wildman–Crippen LogP) is 4.05. The summed E-state index contributed by atoms with van der Waals surface area (Å²) in [6.07, 6.45) is 0. The van der Waals surface area contributed by atoms with Crippen LogP contribution in [0.4, 0.5) is 0 Å². The van der Waals surface area contributed by atoms with Gasteiger partial charge in [-0.05, 0) is 31.5 Å². The van der Waals surface area contributed by atoms with Crippen molar-refractivity contribution in [3.8, 4) is 28.3 Å². The molecule has 2 aromatic carbocycles. The van der Waals surface area contributed by atoms with Crippen LogP contribution < -0.4 is 16.0 Å². The van der Waals surface area contributed by atoms with Crippen LogP contribution in [0.2, 0.25) is 0 Å². The molecule has 0 aliphatic heterocycles. The first-order valence-corrected chi connectivity index (χ1v) is 10.0. The molecule has 160 valence electrons. The number of nitrogens with zero attached hydrogens (tertiary/aromatic N) is 3. The molecule has 32 heavy (non-hydrogen) atoms. The number of oxazole rings is 1. The van der Waals surface area contributed by atoms with E-state index in [9.17, 15) is 4.79 Å². The quantitative estimate of drug-likeness (QED) is 0.448. The molecule has 8 heteroatoms. The summed E-state index contributed by atoms with van der Waals surface area (Å²) in [6, 6.07) is 13.3. The van der Waals surface area contributed by atoms with Gasteiger partial charge in [0.25, 0.3) is 5.56 Å². The number of H-pyrrole nitrogens is 1. The van der Waals surface area contributed by atoms with Gasteiger partial charge in [0.15, 0.2) is 16.7 Å². The number of ether oxygens (including phenoxy) is 1. The van der Waals surface area contributed by atoms with E-state index in [-0.39, 0.29) is 17.0 Å². The third-order valence-corrected chi connectivity index (χ3v) is 5.49. The fraction of sp³-hybridized carbons (Fsp3) is 0.125. The first kappa shape index (κ1) is 19.6. The Morgan fingerprint density at radius 3 is 2.56 bits per heavy atom. The van der Waals surface area contributed by atoms with Crippen LogP contribution >= 0.6 is 0 Å². The third-order valence-electron chi connectivity index (χ3n) is 5.49. The van der Waals surface area contributed by atoms with Crippen molar-refractivity contribution in [1.29, 1.82) is 0 Å². The molecule has 3 heterocycles. The van der Waals surface area contributed by atoms with Crippen LogP contribution in [-0.2, 0) is 0 Å². The van der Waals surface area contributed by atoms with Crippen molar-refractivity contribution >= 4 is 22.4 Å². The number of hydrogen-bond acceptors (Lipinski definition) is 6. The lowest BCUT2D eigenvalue weighted by molar-refractivity contribution is 0.419. The van der Waals surface area contributed by atoms with Crippen molar-refractivity contribution in [3.05, 3.63) is 76.3 Å². The number of rotatable bonds is 4. The Hall–Kier alpha value is -4.33. The number of aryl methyl sites for hydroxylation is 2. The lowest BCUT2D eigenvalue weighted by atomic mass is 10.1. The van der Waals surface area contributed by atoms with Gasteiger partial charge in [-0.25, -0.2) is 14.5 Å². The number of aromatic nitrogens is 4. The zero-order chi connectivity index (χ0) is 22.6. The number of fused-ring (bicyclic) bond motifs is 2. The number of methoxy groups -OCH3 is 1. The Morgan fingerprint density at radius 1 is 1.12 bits per heavy atom. The maximum absolute atomic E-state index is 13.5. The summed E-state index contributed by atoms with van der Waals surface area (Å²) in [6.45, 7) is 7.47. The zero-order valence-corrected chi connectivity index (χ0v) is 17.9. The van der Waals surface area contributed by atoms with Gasteiger partial charge in [-0.3, -0.25) is 9.89 Å². The zero-order valence-electron chi connectivity index (χ0n) is 17.9. The van der Waals surface area contributed by atoms with Crippen molar-refractivity contribution < 1.29 is 9.15 Å². The van der Waals surface area contributed by atoms with Gasteiger partial charge in [-0.2, -0.15) is 0 Å². The Labute approximate surface area is 183 Å². The lowest BCUT2D eigenvalue weighted by Gasteiger charge is -2.04. The Balaban J connectivity index is 1.79. The molecule has 0 atom stereocenters. The molecule has 0 saturated heterocycles. The molecule has 5 aromatic rings. The minimum atomic E-state index is -0.309. The molecule has 0 spiro atoms. The second kappa shape index (κ2) is 7.12. The molecule has 0 radical (unpaired) electrons. The molecular weight excluding hydrogens is 406 g/mol. The standard InChI is InChI=1S/C24H21N5O3/c1-12(25)16-10-11-17(31-4)20-21(16)32-23(27-20)19-13(2)26-22-18(15-8-6-5-7-9-15)14(3)28-29(22)24(19)30/h5-11,28H,1,25H2,2-4H3. The highest BCUT2D eigenvalue weighted by Gasteiger charge is 2.24. The highest BCUT2D eigenvalue weighted by molar-refractivity contribution is 5.92. The lowest BCUT2D eigenvalue weighted by Crippen LogP contribution is -2.19. The Bertz CT molecular complexity index is 1570. The molecule has 8 nitrogen and oxygen atoms in total. The molecule has 0 fully saturated rings. The first-order valence-electron chi connectivity index (χ1n) is 10.0. The maximum Gasteiger partial charge on any atom is 0.285 e. The smallest absolute Gasteiger partial charge is 0.285 e. The largest absolute Gasteiger partial charge is 0.494 e. The van der Waals surface area contributed by atoms with Gasteiger partial charge < -0.3 is 14.9 Å². The summed E-state index contributed by atoms with van der Waals surface area (Å²) in [7, 11) is 1.54. The van der Waals surface area contributed by atoms with Crippen molar-refractivity contribution in [1.82, 2.24) is 19.6 Å². The van der Waals surface area contributed by atoms with Gasteiger partial charge in [-0.15, -0.1) is 0 Å². The number of nitrogens with two attached hydrogens (primary N) is 1. The van der Waals surface area contributed by atoms with E-state index >= 15 is 0 Å². The minimum Gasteiger partial charge on any atom is -0.494 e. The summed E-state index contributed by atoms with van der Waals surface area (Å²) in [5.41, 5.74) is 11.4. The summed E-state index contributed by atoms with van der Waals surface area (Å²) in [5, 5.41) is 3.13. The average molecular weight is 427 g/mol. The van der Waals surface area contributed by atoms with E-state index in [4.69, 9.17) is 19.9 Å². The van der Waals surface area contributed by atoms with E-state index in [0.717, 1.165) is 16.8 Å². The van der Waals surface area contributed by atoms with Gasteiger partial charge in [0.05, 0.1) is 12.8 Å². The minimum absolute atomic E-state index is 0.143. The van der Waals surface area contributed by atoms with E-state index in [1.807, 2.05) is 37.3 Å². The van der Waals surface area contributed by atoms with E-state index < -0.39 is 0 Å². The second-order valence-corrected chi connectivity index (χ2v) is 7.55. The molecule has 0 unspecified atom stereocenters. The summed E-state index contributed by atoms with van der Waals surface area (Å²) < 4.78 is 12.9. The van der Waals surface area contributed by atoms with Crippen molar-refractivity contribution in [2.75, 3.05) is 7.11 Å². The van der Waals surface area contributed by atoms with Crippen LogP contribution in [0.3, 0.4) is 0 Å². The molecule has 0 aliphatic rings. The van der Waals surface area contributed by atoms with Crippen LogP contribution in [0.15, 0.2) is 58.3 Å². The van der Waals surface area contributed by atoms with Crippen molar-refractivity contribution in [2.45, 2.75) is 13.8 Å². The predicted molar refractivity (Wildman–Crippen MR) is 123 cm³/mol. The van der Waals surface area contributed by atoms with E-state index in [0.29, 0.717) is 39.5 Å². The summed E-state index contributed by atoms with van der Waals surface area (Å²) in [4.78, 5) is 22.8. The third kappa shape index (κ3) is 2.80. The number of benzene rings is 2. The molecule has 0 bridgehead atoms. The van der Waals surface area contributed by atoms with Gasteiger partial charge in [0, 0.05) is 22.5 Å². The van der Waals surface area contributed by atoms with Crippen LogP contribution in [0.25, 0.3) is 45.0 Å². The Kier molecular flexibility index (Phi) is 4.37. The van der Waals surface area contributed by atoms with E-state index in [1.165, 1.54) is 4.52 Å². The summed E-state index contributed by atoms with van der Waals surface area (Å²) in [5.74, 6) is 0.652. The molecule has 0 aliphatic carbocycles. The fourth-order valence-corrected chi connectivity index (χ4v) is 3.99. The summed E-state index contributed by atoms with van der Waals surface area (Å²) >= 11 is 0. The average Bonchev–Trinajstić information content (AvgIpc) is 3.34. The van der Waals surface area contributed by atoms with Gasteiger partial charge >= 0.3 is 0 Å². The second-order valence-electron chi connectivity index (χ2n) is 7.55. The van der Waals surface area contributed by atoms with E-state index in [2.05, 4.69) is 16.7 Å². The van der Waals surface area contributed by atoms with Crippen LogP contribution in [-0.4, -0.2) is 26.7 Å². The van der Waals surface area contributed by atoms with Crippen LogP contribution in [0.1, 0.15) is 17.0 Å². The van der Waals surface area contributed by atoms with Crippen molar-refractivity contribution in [3.63, 3.8) is 0 Å². The number of hydrogen-bond donors (Lipinski definition) is 2. The highest BCUT2D eigenvalue weighted by Crippen LogP contribution is 2.34. The highest BCUT2D eigenvalue weighted by atomic mass is 16.5. The monoisotopic (exact) mass is 427 g/mol. The topological polar surface area (TPSA) is 111 Å². The molecule has 0 saturated carbocycles. The fourth-order valence-electron chi connectivity index (χ4n) is 3.99. The normalized spacial score (nSPS) is 11.3. The molecule has 3 N–H and O–H groups in total. The van der Waals surface area contributed by atoms with Crippen LogP contribution in [0, 0.1) is 13.8 Å². The molecule has 5 rings (SSSR count). The first-order chi connectivity index (χ1) is 15.4. The number of aromatic amines is 1.